The Morgan fingerprint density at radius 3 is 2.71 bits per heavy atom. The van der Waals surface area contributed by atoms with Crippen LogP contribution in [0.5, 0.6) is 0 Å². The minimum absolute atomic E-state index is 0.0783. The summed E-state index contributed by atoms with van der Waals surface area (Å²) in [6, 6.07) is 15.7. The summed E-state index contributed by atoms with van der Waals surface area (Å²) in [6.45, 7) is 3.75. The third-order valence-electron chi connectivity index (χ3n) is 4.63. The van der Waals surface area contributed by atoms with E-state index in [-0.39, 0.29) is 11.2 Å². The zero-order chi connectivity index (χ0) is 19.7. The lowest BCUT2D eigenvalue weighted by Gasteiger charge is -2.13. The van der Waals surface area contributed by atoms with Crippen molar-refractivity contribution in [3.8, 4) is 11.4 Å². The molecule has 0 aliphatic carbocycles. The Balaban J connectivity index is 1.51. The molecule has 0 saturated carbocycles. The molecule has 28 heavy (non-hydrogen) atoms. The fraction of sp³-hybridized carbons (Fsp3) is 0.190. The summed E-state index contributed by atoms with van der Waals surface area (Å²) in [5.41, 5.74) is 1.71. The summed E-state index contributed by atoms with van der Waals surface area (Å²) < 4.78 is 7.23. The Morgan fingerprint density at radius 1 is 1.14 bits per heavy atom. The molecule has 0 radical (unpaired) electrons. The van der Waals surface area contributed by atoms with E-state index in [0.29, 0.717) is 5.16 Å². The topological polar surface area (TPSA) is 72.9 Å². The normalized spacial score (nSPS) is 12.2. The fourth-order valence-electron chi connectivity index (χ4n) is 3.05. The first-order chi connectivity index (χ1) is 13.5. The maximum Gasteiger partial charge on any atom is 0.237 e. The van der Waals surface area contributed by atoms with E-state index in [4.69, 9.17) is 4.42 Å². The van der Waals surface area contributed by atoms with Gasteiger partial charge in [-0.3, -0.25) is 4.79 Å². The summed E-state index contributed by atoms with van der Waals surface area (Å²) in [5, 5.41) is 14.0. The average molecular weight is 392 g/mol. The van der Waals surface area contributed by atoms with Gasteiger partial charge in [-0.15, -0.1) is 10.2 Å². The molecule has 0 spiro atoms. The van der Waals surface area contributed by atoms with Crippen LogP contribution < -0.4 is 5.32 Å². The molecule has 0 aliphatic heterocycles. The first-order valence-electron chi connectivity index (χ1n) is 8.93. The SMILES string of the molecule is Cc1occc1-c1nnc(SC(C)C(=O)Nc2cccc3ccccc23)n1C. The van der Waals surface area contributed by atoms with Gasteiger partial charge in [0.15, 0.2) is 11.0 Å². The lowest BCUT2D eigenvalue weighted by atomic mass is 10.1. The van der Waals surface area contributed by atoms with Crippen LogP contribution in [0.2, 0.25) is 0 Å². The van der Waals surface area contributed by atoms with Crippen molar-refractivity contribution >= 4 is 34.1 Å². The summed E-state index contributed by atoms with van der Waals surface area (Å²) in [6.07, 6.45) is 1.63. The molecule has 7 heteroatoms. The largest absolute Gasteiger partial charge is 0.469 e. The minimum atomic E-state index is -0.333. The zero-order valence-electron chi connectivity index (χ0n) is 15.8. The van der Waals surface area contributed by atoms with E-state index in [1.807, 2.05) is 74.0 Å². The molecule has 0 bridgehead atoms. The van der Waals surface area contributed by atoms with Crippen molar-refractivity contribution < 1.29 is 9.21 Å². The molecule has 1 unspecified atom stereocenters. The van der Waals surface area contributed by atoms with Crippen molar-refractivity contribution in [1.29, 1.82) is 0 Å². The van der Waals surface area contributed by atoms with Gasteiger partial charge in [0.05, 0.1) is 17.1 Å². The van der Waals surface area contributed by atoms with E-state index in [2.05, 4.69) is 15.5 Å². The van der Waals surface area contributed by atoms with Crippen LogP contribution in [0, 0.1) is 6.92 Å². The number of carbonyl (C=O) groups is 1. The highest BCUT2D eigenvalue weighted by molar-refractivity contribution is 8.00. The average Bonchev–Trinajstić information content (AvgIpc) is 3.27. The third-order valence-corrected chi connectivity index (χ3v) is 5.77. The highest BCUT2D eigenvalue weighted by Gasteiger charge is 2.21. The number of nitrogens with one attached hydrogen (secondary N) is 1. The highest BCUT2D eigenvalue weighted by atomic mass is 32.2. The predicted molar refractivity (Wildman–Crippen MR) is 111 cm³/mol. The summed E-state index contributed by atoms with van der Waals surface area (Å²) in [7, 11) is 1.89. The number of benzene rings is 2. The number of rotatable bonds is 5. The van der Waals surface area contributed by atoms with Crippen LogP contribution >= 0.6 is 11.8 Å². The van der Waals surface area contributed by atoms with Gasteiger partial charge < -0.3 is 14.3 Å². The van der Waals surface area contributed by atoms with E-state index in [1.54, 1.807) is 6.26 Å². The van der Waals surface area contributed by atoms with E-state index in [9.17, 15) is 4.79 Å². The Kier molecular flexibility index (Phi) is 4.92. The van der Waals surface area contributed by atoms with Gasteiger partial charge in [-0.1, -0.05) is 48.2 Å². The van der Waals surface area contributed by atoms with Crippen LogP contribution in [0.3, 0.4) is 0 Å². The van der Waals surface area contributed by atoms with Crippen molar-refractivity contribution in [3.05, 3.63) is 60.6 Å². The van der Waals surface area contributed by atoms with Crippen molar-refractivity contribution in [3.63, 3.8) is 0 Å². The molecule has 2 heterocycles. The lowest BCUT2D eigenvalue weighted by Crippen LogP contribution is -2.23. The van der Waals surface area contributed by atoms with Crippen LogP contribution in [-0.4, -0.2) is 25.9 Å². The van der Waals surface area contributed by atoms with Gasteiger partial charge in [0.25, 0.3) is 0 Å². The number of thioether (sulfide) groups is 1. The molecule has 6 nitrogen and oxygen atoms in total. The summed E-state index contributed by atoms with van der Waals surface area (Å²) >= 11 is 1.37. The Hall–Kier alpha value is -3.06. The van der Waals surface area contributed by atoms with E-state index in [1.165, 1.54) is 11.8 Å². The maximum absolute atomic E-state index is 12.8. The van der Waals surface area contributed by atoms with Crippen LogP contribution in [0.25, 0.3) is 22.2 Å². The van der Waals surface area contributed by atoms with Crippen molar-refractivity contribution in [2.75, 3.05) is 5.32 Å². The molecule has 0 saturated heterocycles. The molecule has 0 aliphatic rings. The number of anilines is 1. The first kappa shape index (κ1) is 18.3. The molecule has 1 N–H and O–H groups in total. The Labute approximate surface area is 167 Å². The van der Waals surface area contributed by atoms with Crippen LogP contribution in [-0.2, 0) is 11.8 Å². The van der Waals surface area contributed by atoms with E-state index < -0.39 is 0 Å². The second-order valence-corrected chi connectivity index (χ2v) is 7.84. The molecular formula is C21H20N4O2S. The standard InChI is InChI=1S/C21H20N4O2S/c1-13-16(11-12-27-13)19-23-24-21(25(19)3)28-14(2)20(26)22-18-10-6-8-15-7-4-5-9-17(15)18/h4-12,14H,1-3H3,(H,22,26). The number of fused-ring (bicyclic) bond motifs is 1. The number of furan rings is 1. The molecular weight excluding hydrogens is 372 g/mol. The van der Waals surface area contributed by atoms with Crippen LogP contribution in [0.1, 0.15) is 12.7 Å². The van der Waals surface area contributed by atoms with Gasteiger partial charge >= 0.3 is 0 Å². The number of amides is 1. The van der Waals surface area contributed by atoms with Gasteiger partial charge in [-0.25, -0.2) is 0 Å². The third kappa shape index (κ3) is 3.41. The smallest absolute Gasteiger partial charge is 0.237 e. The molecule has 1 amide bonds. The summed E-state index contributed by atoms with van der Waals surface area (Å²) in [5.74, 6) is 1.43. The zero-order valence-corrected chi connectivity index (χ0v) is 16.7. The first-order valence-corrected chi connectivity index (χ1v) is 9.81. The summed E-state index contributed by atoms with van der Waals surface area (Å²) in [4.78, 5) is 12.8. The second kappa shape index (κ2) is 7.52. The van der Waals surface area contributed by atoms with Gasteiger partial charge in [0, 0.05) is 18.1 Å². The quantitative estimate of drug-likeness (QED) is 0.500. The molecule has 4 rings (SSSR count). The fourth-order valence-corrected chi connectivity index (χ4v) is 3.86. The molecule has 142 valence electrons. The highest BCUT2D eigenvalue weighted by Crippen LogP contribution is 2.29. The molecule has 2 aromatic carbocycles. The Bertz CT molecular complexity index is 1140. The number of aryl methyl sites for hydroxylation is 1. The van der Waals surface area contributed by atoms with Gasteiger partial charge in [-0.2, -0.15) is 0 Å². The van der Waals surface area contributed by atoms with Gasteiger partial charge in [0.2, 0.25) is 5.91 Å². The predicted octanol–water partition coefficient (Wildman–Crippen LogP) is 4.66. The van der Waals surface area contributed by atoms with Crippen molar-refractivity contribution in [2.24, 2.45) is 7.05 Å². The van der Waals surface area contributed by atoms with Crippen LogP contribution in [0.4, 0.5) is 5.69 Å². The van der Waals surface area contributed by atoms with Crippen molar-refractivity contribution in [2.45, 2.75) is 24.3 Å². The molecule has 0 fully saturated rings. The number of hydrogen-bond acceptors (Lipinski definition) is 5. The Morgan fingerprint density at radius 2 is 1.93 bits per heavy atom. The number of aromatic nitrogens is 3. The number of carbonyl (C=O) groups excluding carboxylic acids is 1. The molecule has 2 aromatic heterocycles. The van der Waals surface area contributed by atoms with Crippen molar-refractivity contribution in [1.82, 2.24) is 14.8 Å². The minimum Gasteiger partial charge on any atom is -0.469 e. The van der Waals surface area contributed by atoms with Gasteiger partial charge in [-0.05, 0) is 31.4 Å². The number of hydrogen-bond donors (Lipinski definition) is 1. The monoisotopic (exact) mass is 392 g/mol. The van der Waals surface area contributed by atoms with Crippen LogP contribution in [0.15, 0.2) is 64.4 Å². The van der Waals surface area contributed by atoms with E-state index in [0.717, 1.165) is 33.6 Å². The molecule has 4 aromatic rings. The lowest BCUT2D eigenvalue weighted by molar-refractivity contribution is -0.115. The van der Waals surface area contributed by atoms with Gasteiger partial charge in [0.1, 0.15) is 5.76 Å². The van der Waals surface area contributed by atoms with E-state index >= 15 is 0 Å². The number of nitrogens with zero attached hydrogens (tertiary/aromatic N) is 3. The second-order valence-electron chi connectivity index (χ2n) is 6.53. The molecule has 1 atom stereocenters. The maximum atomic E-state index is 12.8.